The Bertz CT molecular complexity index is 1370. The van der Waals surface area contributed by atoms with Crippen LogP contribution in [0.15, 0.2) is 73.0 Å². The van der Waals surface area contributed by atoms with Crippen LogP contribution in [0.1, 0.15) is 39.4 Å². The number of aromatic carboxylic acids is 1. The number of carboxylic acids is 1. The molecule has 0 bridgehead atoms. The van der Waals surface area contributed by atoms with E-state index in [1.807, 2.05) is 19.1 Å². The van der Waals surface area contributed by atoms with Gasteiger partial charge in [-0.15, -0.1) is 0 Å². The number of hydrazone groups is 1. The van der Waals surface area contributed by atoms with Gasteiger partial charge in [-0.1, -0.05) is 15.9 Å². The van der Waals surface area contributed by atoms with Gasteiger partial charge in [0.05, 0.1) is 12.8 Å². The highest BCUT2D eigenvalue weighted by atomic mass is 79.9. The van der Waals surface area contributed by atoms with Crippen molar-refractivity contribution in [3.05, 3.63) is 81.9 Å². The third kappa shape index (κ3) is 5.46. The lowest BCUT2D eigenvalue weighted by Gasteiger charge is -2.11. The third-order valence-electron chi connectivity index (χ3n) is 4.59. The van der Waals surface area contributed by atoms with Gasteiger partial charge in [0, 0.05) is 9.86 Å². The first-order chi connectivity index (χ1) is 16.4. The van der Waals surface area contributed by atoms with Gasteiger partial charge < -0.3 is 23.4 Å². The van der Waals surface area contributed by atoms with Crippen molar-refractivity contribution in [2.45, 2.75) is 13.5 Å². The van der Waals surface area contributed by atoms with E-state index in [4.69, 9.17) is 23.4 Å². The third-order valence-corrected chi connectivity index (χ3v) is 5.09. The number of carboxylic acid groups (broad SMARTS) is 1. The van der Waals surface area contributed by atoms with E-state index in [2.05, 4.69) is 26.5 Å². The van der Waals surface area contributed by atoms with Crippen LogP contribution in [0.2, 0.25) is 0 Å². The molecule has 0 spiro atoms. The summed E-state index contributed by atoms with van der Waals surface area (Å²) < 4.78 is 23.0. The van der Waals surface area contributed by atoms with E-state index in [0.29, 0.717) is 35.0 Å². The number of rotatable bonds is 9. The van der Waals surface area contributed by atoms with E-state index in [9.17, 15) is 9.59 Å². The van der Waals surface area contributed by atoms with Crippen LogP contribution in [0.25, 0.3) is 11.0 Å². The zero-order valence-corrected chi connectivity index (χ0v) is 19.5. The van der Waals surface area contributed by atoms with Gasteiger partial charge in [-0.3, -0.25) is 4.79 Å². The van der Waals surface area contributed by atoms with Crippen LogP contribution in [0.5, 0.6) is 11.5 Å². The van der Waals surface area contributed by atoms with Crippen molar-refractivity contribution in [3.63, 3.8) is 0 Å². The average Bonchev–Trinajstić information content (AvgIpc) is 3.46. The molecular weight excluding hydrogens is 508 g/mol. The lowest BCUT2D eigenvalue weighted by molar-refractivity contribution is 0.0657. The monoisotopic (exact) mass is 526 g/mol. The first-order valence-corrected chi connectivity index (χ1v) is 11.0. The number of hydrogen-bond donors (Lipinski definition) is 2. The summed E-state index contributed by atoms with van der Waals surface area (Å²) in [6.07, 6.45) is 1.47. The quantitative estimate of drug-likeness (QED) is 0.226. The molecule has 0 aliphatic heterocycles. The summed E-state index contributed by atoms with van der Waals surface area (Å²) >= 11 is 3.39. The second-order valence-electron chi connectivity index (χ2n) is 6.99. The van der Waals surface area contributed by atoms with Crippen molar-refractivity contribution in [1.82, 2.24) is 5.43 Å². The molecule has 0 unspecified atom stereocenters. The van der Waals surface area contributed by atoms with Gasteiger partial charge in [0.2, 0.25) is 5.76 Å². The molecule has 10 heteroatoms. The van der Waals surface area contributed by atoms with Crippen LogP contribution in [0, 0.1) is 0 Å². The van der Waals surface area contributed by atoms with Gasteiger partial charge >= 0.3 is 11.9 Å². The number of amides is 1. The maximum Gasteiger partial charge on any atom is 0.371 e. The molecule has 0 aliphatic carbocycles. The van der Waals surface area contributed by atoms with Crippen molar-refractivity contribution >= 4 is 45.0 Å². The minimum Gasteiger partial charge on any atom is -0.490 e. The largest absolute Gasteiger partial charge is 0.490 e. The van der Waals surface area contributed by atoms with E-state index in [0.717, 1.165) is 9.86 Å². The number of furan rings is 2. The number of ether oxygens (including phenoxy) is 2. The Balaban J connectivity index is 1.41. The fourth-order valence-electron chi connectivity index (χ4n) is 3.06. The summed E-state index contributed by atoms with van der Waals surface area (Å²) in [7, 11) is 0. The van der Waals surface area contributed by atoms with E-state index < -0.39 is 11.9 Å². The summed E-state index contributed by atoms with van der Waals surface area (Å²) in [6, 6.07) is 15.1. The molecule has 2 N–H and O–H groups in total. The van der Waals surface area contributed by atoms with E-state index in [1.165, 1.54) is 18.3 Å². The van der Waals surface area contributed by atoms with Gasteiger partial charge in [-0.2, -0.15) is 5.10 Å². The molecule has 4 aromatic rings. The number of carbonyl (C=O) groups is 2. The van der Waals surface area contributed by atoms with Crippen molar-refractivity contribution in [2.75, 3.05) is 6.61 Å². The highest BCUT2D eigenvalue weighted by molar-refractivity contribution is 9.10. The number of nitrogens with one attached hydrogen (secondary N) is 1. The molecule has 2 heterocycles. The normalized spacial score (nSPS) is 11.1. The Labute approximate surface area is 202 Å². The molecule has 2 aromatic carbocycles. The Morgan fingerprint density at radius 1 is 1.03 bits per heavy atom. The fourth-order valence-corrected chi connectivity index (χ4v) is 3.44. The maximum atomic E-state index is 12.4. The van der Waals surface area contributed by atoms with Gasteiger partial charge in [0.15, 0.2) is 17.3 Å². The molecule has 2 aromatic heterocycles. The Morgan fingerprint density at radius 2 is 1.88 bits per heavy atom. The summed E-state index contributed by atoms with van der Waals surface area (Å²) in [5.41, 5.74) is 3.70. The Morgan fingerprint density at radius 3 is 2.65 bits per heavy atom. The molecule has 0 atom stereocenters. The molecule has 9 nitrogen and oxygen atoms in total. The van der Waals surface area contributed by atoms with Crippen molar-refractivity contribution in [3.8, 4) is 11.5 Å². The maximum absolute atomic E-state index is 12.4. The van der Waals surface area contributed by atoms with Crippen LogP contribution >= 0.6 is 15.9 Å². The summed E-state index contributed by atoms with van der Waals surface area (Å²) in [4.78, 5) is 23.3. The molecule has 0 saturated carbocycles. The lowest BCUT2D eigenvalue weighted by atomic mass is 10.2. The van der Waals surface area contributed by atoms with Crippen LogP contribution in [-0.4, -0.2) is 29.8 Å². The highest BCUT2D eigenvalue weighted by Gasteiger charge is 2.13. The highest BCUT2D eigenvalue weighted by Crippen LogP contribution is 2.29. The lowest BCUT2D eigenvalue weighted by Crippen LogP contribution is -2.16. The molecule has 0 saturated heterocycles. The van der Waals surface area contributed by atoms with Gasteiger partial charge in [-0.05, 0) is 67.1 Å². The minimum absolute atomic E-state index is 0.0327. The SMILES string of the molecule is CCOc1cc(C=NNC(=O)c2cc3cc(Br)ccc3o2)ccc1OCc1ccc(C(=O)O)o1. The van der Waals surface area contributed by atoms with E-state index in [1.54, 1.807) is 30.3 Å². The predicted octanol–water partition coefficient (Wildman–Crippen LogP) is 5.23. The Kier molecular flexibility index (Phi) is 6.98. The topological polar surface area (TPSA) is 124 Å². The van der Waals surface area contributed by atoms with Crippen molar-refractivity contribution < 1.29 is 33.0 Å². The zero-order valence-electron chi connectivity index (χ0n) is 17.9. The van der Waals surface area contributed by atoms with Crippen molar-refractivity contribution in [1.29, 1.82) is 0 Å². The molecule has 174 valence electrons. The molecule has 0 radical (unpaired) electrons. The second kappa shape index (κ2) is 10.3. The average molecular weight is 527 g/mol. The van der Waals surface area contributed by atoms with Crippen LogP contribution in [0.3, 0.4) is 0 Å². The van der Waals surface area contributed by atoms with Crippen LogP contribution < -0.4 is 14.9 Å². The van der Waals surface area contributed by atoms with Gasteiger partial charge in [-0.25, -0.2) is 10.2 Å². The van der Waals surface area contributed by atoms with E-state index in [-0.39, 0.29) is 18.1 Å². The minimum atomic E-state index is -1.15. The second-order valence-corrected chi connectivity index (χ2v) is 7.91. The number of nitrogens with zero attached hydrogens (tertiary/aromatic N) is 1. The number of hydrogen-bond acceptors (Lipinski definition) is 7. The standard InChI is InChI=1S/C24H19BrN2O7/c1-2-31-21-9-14(3-6-19(21)32-13-17-5-8-20(33-17)24(29)30)12-26-27-23(28)22-11-15-10-16(25)4-7-18(15)34-22/h3-12H,2,13H2,1H3,(H,27,28)(H,29,30). The summed E-state index contributed by atoms with van der Waals surface area (Å²) in [5.74, 6) is -0.361. The number of benzene rings is 2. The van der Waals surface area contributed by atoms with Crippen LogP contribution in [-0.2, 0) is 6.61 Å². The molecule has 4 rings (SSSR count). The van der Waals surface area contributed by atoms with Gasteiger partial charge in [0.1, 0.15) is 18.0 Å². The van der Waals surface area contributed by atoms with Crippen molar-refractivity contribution in [2.24, 2.45) is 5.10 Å². The van der Waals surface area contributed by atoms with Gasteiger partial charge in [0.25, 0.3) is 0 Å². The predicted molar refractivity (Wildman–Crippen MR) is 127 cm³/mol. The fraction of sp³-hybridized carbons (Fsp3) is 0.125. The first kappa shape index (κ1) is 23.1. The molecule has 1 amide bonds. The molecular formula is C24H19BrN2O7. The van der Waals surface area contributed by atoms with E-state index >= 15 is 0 Å². The molecule has 0 fully saturated rings. The number of fused-ring (bicyclic) bond motifs is 1. The zero-order chi connectivity index (χ0) is 24.1. The molecule has 0 aliphatic rings. The first-order valence-electron chi connectivity index (χ1n) is 10.2. The molecule has 34 heavy (non-hydrogen) atoms. The number of halogens is 1. The smallest absolute Gasteiger partial charge is 0.371 e. The summed E-state index contributed by atoms with van der Waals surface area (Å²) in [5, 5.41) is 13.7. The summed E-state index contributed by atoms with van der Waals surface area (Å²) in [6.45, 7) is 2.27. The van der Waals surface area contributed by atoms with Crippen LogP contribution in [0.4, 0.5) is 0 Å². The Hall–Kier alpha value is -4.05. The number of carbonyl (C=O) groups excluding carboxylic acids is 1.